The summed E-state index contributed by atoms with van der Waals surface area (Å²) in [6.07, 6.45) is -4.00. The maximum Gasteiger partial charge on any atom is 0.338 e. The molecule has 5 aromatic rings. The topological polar surface area (TPSA) is 124 Å². The van der Waals surface area contributed by atoms with Gasteiger partial charge in [0.25, 0.3) is 0 Å². The highest BCUT2D eigenvalue weighted by Crippen LogP contribution is 2.32. The fourth-order valence-electron chi connectivity index (χ4n) is 5.71. The van der Waals surface area contributed by atoms with Crippen LogP contribution in [-0.2, 0) is 28.4 Å². The molecule has 0 radical (unpaired) electrons. The number of hydrogen-bond donors (Lipinski definition) is 0. The Labute approximate surface area is 312 Å². The molecule has 0 bridgehead atoms. The molecule has 1 saturated heterocycles. The number of carbonyl (C=O) groups excluding carboxylic acids is 4. The Bertz CT molecular complexity index is 2000. The third-order valence-electron chi connectivity index (χ3n) is 8.49. The number of rotatable bonds is 13. The summed E-state index contributed by atoms with van der Waals surface area (Å²) in [5.74, 6) is -2.81. The van der Waals surface area contributed by atoms with Gasteiger partial charge in [-0.1, -0.05) is 115 Å². The number of benzene rings is 5. The zero-order chi connectivity index (χ0) is 37.7. The minimum Gasteiger partial charge on any atom is -0.459 e. The molecule has 0 saturated carbocycles. The fourth-order valence-corrected chi connectivity index (χ4v) is 5.71. The van der Waals surface area contributed by atoms with Crippen molar-refractivity contribution in [2.24, 2.45) is 0 Å². The number of hydrogen-bond acceptors (Lipinski definition) is 10. The van der Waals surface area contributed by atoms with Crippen LogP contribution in [0.2, 0.25) is 0 Å². The molecule has 0 unspecified atom stereocenters. The molecule has 0 amide bonds. The van der Waals surface area contributed by atoms with Crippen LogP contribution in [-0.4, -0.2) is 67.3 Å². The maximum absolute atomic E-state index is 13.7. The Morgan fingerprint density at radius 1 is 0.537 bits per heavy atom. The van der Waals surface area contributed by atoms with Crippen LogP contribution >= 0.6 is 0 Å². The Balaban J connectivity index is 1.35. The molecule has 5 aromatic carbocycles. The zero-order valence-electron chi connectivity index (χ0n) is 29.3. The Morgan fingerprint density at radius 3 is 1.39 bits per heavy atom. The molecule has 1 aliphatic heterocycles. The van der Waals surface area contributed by atoms with E-state index in [2.05, 4.69) is 0 Å². The Morgan fingerprint density at radius 2 is 0.926 bits per heavy atom. The van der Waals surface area contributed by atoms with E-state index < -0.39 is 60.7 Å². The highest BCUT2D eigenvalue weighted by Gasteiger charge is 2.52. The van der Waals surface area contributed by atoms with E-state index in [1.54, 1.807) is 140 Å². The van der Waals surface area contributed by atoms with Crippen LogP contribution in [0.25, 0.3) is 6.08 Å². The number of ether oxygens (including phenoxy) is 6. The largest absolute Gasteiger partial charge is 0.459 e. The average Bonchev–Trinajstić information content (AvgIpc) is 3.22. The molecule has 0 spiro atoms. The summed E-state index contributed by atoms with van der Waals surface area (Å²) < 4.78 is 36.6. The van der Waals surface area contributed by atoms with Gasteiger partial charge in [0.15, 0.2) is 24.6 Å². The van der Waals surface area contributed by atoms with Crippen LogP contribution in [0.15, 0.2) is 158 Å². The van der Waals surface area contributed by atoms with E-state index in [1.165, 1.54) is 0 Å². The SMILES string of the molecule is C[C@@H]1O[C@@H](O[C@@H](/C=C/c2ccccc2)COC(=O)c2ccccc2)[C@H](OC(=O)c2ccccc2)[C@H](OC(=O)c2ccccc2)[C@H]1OC(=O)c1ccccc1. The molecule has 10 heteroatoms. The van der Waals surface area contributed by atoms with Gasteiger partial charge in [0.05, 0.1) is 28.4 Å². The summed E-state index contributed by atoms with van der Waals surface area (Å²) in [6.45, 7) is 1.37. The van der Waals surface area contributed by atoms with Crippen molar-refractivity contribution in [3.05, 3.63) is 186 Å². The van der Waals surface area contributed by atoms with E-state index in [9.17, 15) is 19.2 Å². The molecule has 10 nitrogen and oxygen atoms in total. The quantitative estimate of drug-likeness (QED) is 0.0898. The summed E-state index contributed by atoms with van der Waals surface area (Å²) in [5, 5.41) is 0. The van der Waals surface area contributed by atoms with Crippen molar-refractivity contribution in [1.29, 1.82) is 0 Å². The van der Waals surface area contributed by atoms with Gasteiger partial charge in [0.2, 0.25) is 0 Å². The lowest BCUT2D eigenvalue weighted by molar-refractivity contribution is -0.299. The smallest absolute Gasteiger partial charge is 0.338 e. The van der Waals surface area contributed by atoms with Crippen molar-refractivity contribution >= 4 is 30.0 Å². The number of esters is 4. The molecule has 1 heterocycles. The molecular formula is C44H38O10. The van der Waals surface area contributed by atoms with E-state index in [0.717, 1.165) is 5.56 Å². The monoisotopic (exact) mass is 726 g/mol. The second-order valence-electron chi connectivity index (χ2n) is 12.3. The van der Waals surface area contributed by atoms with Crippen molar-refractivity contribution in [2.75, 3.05) is 6.61 Å². The highest BCUT2D eigenvalue weighted by molar-refractivity contribution is 5.91. The van der Waals surface area contributed by atoms with Gasteiger partial charge in [-0.2, -0.15) is 0 Å². The molecule has 6 atom stereocenters. The molecule has 54 heavy (non-hydrogen) atoms. The van der Waals surface area contributed by atoms with Crippen molar-refractivity contribution < 1.29 is 47.6 Å². The third kappa shape index (κ3) is 9.94. The molecule has 0 aromatic heterocycles. The maximum atomic E-state index is 13.7. The van der Waals surface area contributed by atoms with Crippen molar-refractivity contribution in [2.45, 2.75) is 43.7 Å². The van der Waals surface area contributed by atoms with Gasteiger partial charge in [0.1, 0.15) is 12.7 Å². The first-order valence-electron chi connectivity index (χ1n) is 17.4. The minimum absolute atomic E-state index is 0.207. The van der Waals surface area contributed by atoms with Gasteiger partial charge in [-0.05, 0) is 61.0 Å². The van der Waals surface area contributed by atoms with Crippen LogP contribution in [0, 0.1) is 0 Å². The Hall–Kier alpha value is -6.36. The summed E-state index contributed by atoms with van der Waals surface area (Å²) >= 11 is 0. The fraction of sp³-hybridized carbons (Fsp3) is 0.182. The van der Waals surface area contributed by atoms with Crippen LogP contribution in [0.4, 0.5) is 0 Å². The first kappa shape index (κ1) is 37.4. The van der Waals surface area contributed by atoms with E-state index in [0.29, 0.717) is 5.56 Å². The summed E-state index contributed by atoms with van der Waals surface area (Å²) in [5.41, 5.74) is 1.86. The van der Waals surface area contributed by atoms with Crippen LogP contribution in [0.3, 0.4) is 0 Å². The van der Waals surface area contributed by atoms with Crippen molar-refractivity contribution in [3.8, 4) is 0 Å². The van der Waals surface area contributed by atoms with Gasteiger partial charge in [-0.25, -0.2) is 19.2 Å². The molecular weight excluding hydrogens is 688 g/mol. The molecule has 1 aliphatic rings. The third-order valence-corrected chi connectivity index (χ3v) is 8.49. The minimum atomic E-state index is -1.48. The lowest BCUT2D eigenvalue weighted by Crippen LogP contribution is -2.62. The summed E-state index contributed by atoms with van der Waals surface area (Å²) in [7, 11) is 0. The molecule has 274 valence electrons. The first-order chi connectivity index (χ1) is 26.4. The van der Waals surface area contributed by atoms with Gasteiger partial charge in [-0.15, -0.1) is 0 Å². The van der Waals surface area contributed by atoms with Gasteiger partial charge < -0.3 is 28.4 Å². The lowest BCUT2D eigenvalue weighted by atomic mass is 9.98. The van der Waals surface area contributed by atoms with Crippen molar-refractivity contribution in [1.82, 2.24) is 0 Å². The van der Waals surface area contributed by atoms with Gasteiger partial charge in [0, 0.05) is 0 Å². The van der Waals surface area contributed by atoms with E-state index in [-0.39, 0.29) is 23.3 Å². The highest BCUT2D eigenvalue weighted by atomic mass is 16.7. The molecule has 0 N–H and O–H groups in total. The standard InChI is InChI=1S/C44H38O10/c1-30-37(52-41(46)33-21-11-4-12-22-33)38(53-42(47)34-23-13-5-14-24-34)39(54-43(48)35-25-15-6-16-26-35)44(50-30)51-36(28-27-31-17-7-2-8-18-31)29-49-40(45)32-19-9-3-10-20-32/h2-28,30,36-39,44H,29H2,1H3/b28-27+/t30-,36-,37-,38+,39+,44-/m0/s1. The number of carbonyl (C=O) groups is 4. The lowest BCUT2D eigenvalue weighted by Gasteiger charge is -2.44. The summed E-state index contributed by atoms with van der Waals surface area (Å²) in [4.78, 5) is 53.8. The van der Waals surface area contributed by atoms with Crippen LogP contribution < -0.4 is 0 Å². The Kier molecular flexibility index (Phi) is 12.8. The average molecular weight is 727 g/mol. The van der Waals surface area contributed by atoms with Crippen LogP contribution in [0.1, 0.15) is 53.9 Å². The van der Waals surface area contributed by atoms with Gasteiger partial charge in [-0.3, -0.25) is 0 Å². The van der Waals surface area contributed by atoms with E-state index in [4.69, 9.17) is 28.4 Å². The predicted molar refractivity (Wildman–Crippen MR) is 198 cm³/mol. The molecule has 0 aliphatic carbocycles. The van der Waals surface area contributed by atoms with Crippen molar-refractivity contribution in [3.63, 3.8) is 0 Å². The second kappa shape index (κ2) is 18.4. The summed E-state index contributed by atoms with van der Waals surface area (Å²) in [6, 6.07) is 42.7. The van der Waals surface area contributed by atoms with Crippen LogP contribution in [0.5, 0.6) is 0 Å². The van der Waals surface area contributed by atoms with Gasteiger partial charge >= 0.3 is 23.9 Å². The van der Waals surface area contributed by atoms with E-state index in [1.807, 2.05) is 30.3 Å². The first-order valence-corrected chi connectivity index (χ1v) is 17.4. The zero-order valence-corrected chi connectivity index (χ0v) is 29.3. The predicted octanol–water partition coefficient (Wildman–Crippen LogP) is 7.36. The normalized spacial score (nSPS) is 20.0. The second-order valence-corrected chi connectivity index (χ2v) is 12.3. The molecule has 1 fully saturated rings. The molecule has 6 rings (SSSR count). The van der Waals surface area contributed by atoms with E-state index >= 15 is 0 Å².